The average Bonchev–Trinajstić information content (AvgIpc) is 2.27. The maximum atomic E-state index is 4.55. The summed E-state index contributed by atoms with van der Waals surface area (Å²) in [5.41, 5.74) is 8.84. The Morgan fingerprint density at radius 1 is 0.765 bits per heavy atom. The number of aromatic nitrogens is 1. The van der Waals surface area contributed by atoms with Crippen molar-refractivity contribution in [2.45, 2.75) is 34.6 Å². The van der Waals surface area contributed by atoms with E-state index in [4.69, 9.17) is 0 Å². The Bertz CT molecular complexity index is 568. The molecule has 0 aliphatic rings. The van der Waals surface area contributed by atoms with E-state index in [1.807, 2.05) is 6.20 Å². The fraction of sp³-hybridized carbons (Fsp3) is 0.312. The van der Waals surface area contributed by atoms with Gasteiger partial charge >= 0.3 is 0 Å². The van der Waals surface area contributed by atoms with E-state index in [0.29, 0.717) is 0 Å². The first-order valence-electron chi connectivity index (χ1n) is 6.00. The molecule has 0 radical (unpaired) electrons. The first-order chi connectivity index (χ1) is 7.99. The smallest absolute Gasteiger partial charge is 0.0707 e. The number of benzene rings is 1. The van der Waals surface area contributed by atoms with E-state index in [-0.39, 0.29) is 0 Å². The second-order valence-electron chi connectivity index (χ2n) is 4.91. The second kappa shape index (κ2) is 4.33. The molecule has 2 rings (SSSR count). The van der Waals surface area contributed by atoms with Gasteiger partial charge in [-0.2, -0.15) is 0 Å². The van der Waals surface area contributed by atoms with Crippen molar-refractivity contribution in [3.8, 4) is 11.3 Å². The lowest BCUT2D eigenvalue weighted by Crippen LogP contribution is -1.93. The van der Waals surface area contributed by atoms with E-state index in [1.165, 1.54) is 33.4 Å². The van der Waals surface area contributed by atoms with Gasteiger partial charge in [-0.05, 0) is 69.0 Å². The summed E-state index contributed by atoms with van der Waals surface area (Å²) in [4.78, 5) is 4.55. The van der Waals surface area contributed by atoms with Gasteiger partial charge in [0.2, 0.25) is 0 Å². The molecule has 0 bridgehead atoms. The van der Waals surface area contributed by atoms with Crippen molar-refractivity contribution < 1.29 is 0 Å². The van der Waals surface area contributed by atoms with E-state index in [2.05, 4.69) is 57.8 Å². The topological polar surface area (TPSA) is 12.9 Å². The Hall–Kier alpha value is -1.63. The number of nitrogens with zero attached hydrogens (tertiary/aromatic N) is 1. The van der Waals surface area contributed by atoms with Crippen LogP contribution in [0.2, 0.25) is 0 Å². The molecule has 0 N–H and O–H groups in total. The van der Waals surface area contributed by atoms with Crippen LogP contribution in [-0.2, 0) is 0 Å². The maximum absolute atomic E-state index is 4.55. The highest BCUT2D eigenvalue weighted by atomic mass is 14.7. The van der Waals surface area contributed by atoms with Crippen LogP contribution in [0.15, 0.2) is 24.4 Å². The monoisotopic (exact) mass is 225 g/mol. The molecular formula is C16H19N. The highest BCUT2D eigenvalue weighted by Gasteiger charge is 2.07. The lowest BCUT2D eigenvalue weighted by molar-refractivity contribution is 1.20. The minimum absolute atomic E-state index is 1.08. The van der Waals surface area contributed by atoms with Gasteiger partial charge in [0, 0.05) is 11.8 Å². The van der Waals surface area contributed by atoms with Gasteiger partial charge in [0.15, 0.2) is 0 Å². The molecule has 1 heterocycles. The fourth-order valence-corrected chi connectivity index (χ4v) is 2.08. The molecule has 0 aliphatic carbocycles. The van der Waals surface area contributed by atoms with Gasteiger partial charge in [0.1, 0.15) is 0 Å². The third kappa shape index (κ3) is 2.23. The summed E-state index contributed by atoms with van der Waals surface area (Å²) in [6.07, 6.45) is 1.96. The number of hydrogen-bond acceptors (Lipinski definition) is 1. The molecule has 0 unspecified atom stereocenters. The molecule has 0 amide bonds. The van der Waals surface area contributed by atoms with Crippen molar-refractivity contribution in [1.82, 2.24) is 4.98 Å². The zero-order chi connectivity index (χ0) is 12.6. The largest absolute Gasteiger partial charge is 0.256 e. The van der Waals surface area contributed by atoms with Crippen LogP contribution >= 0.6 is 0 Å². The van der Waals surface area contributed by atoms with Crippen molar-refractivity contribution in [2.75, 3.05) is 0 Å². The highest BCUT2D eigenvalue weighted by Crippen LogP contribution is 2.26. The Kier molecular flexibility index (Phi) is 3.01. The zero-order valence-corrected chi connectivity index (χ0v) is 11.3. The summed E-state index contributed by atoms with van der Waals surface area (Å²) in [6, 6.07) is 6.62. The van der Waals surface area contributed by atoms with Gasteiger partial charge in [0.25, 0.3) is 0 Å². The van der Waals surface area contributed by atoms with Crippen molar-refractivity contribution in [2.24, 2.45) is 0 Å². The first kappa shape index (κ1) is 11.8. The summed E-state index contributed by atoms with van der Waals surface area (Å²) >= 11 is 0. The van der Waals surface area contributed by atoms with Crippen LogP contribution in [0.5, 0.6) is 0 Å². The number of pyridine rings is 1. The highest BCUT2D eigenvalue weighted by molar-refractivity contribution is 5.66. The van der Waals surface area contributed by atoms with Crippen LogP contribution in [0.4, 0.5) is 0 Å². The van der Waals surface area contributed by atoms with Crippen molar-refractivity contribution in [3.63, 3.8) is 0 Å². The summed E-state index contributed by atoms with van der Waals surface area (Å²) in [7, 11) is 0. The van der Waals surface area contributed by atoms with E-state index in [1.54, 1.807) is 0 Å². The van der Waals surface area contributed by atoms with E-state index >= 15 is 0 Å². The van der Waals surface area contributed by atoms with E-state index in [9.17, 15) is 0 Å². The predicted molar refractivity (Wildman–Crippen MR) is 73.4 cm³/mol. The molecule has 0 saturated carbocycles. The van der Waals surface area contributed by atoms with Crippen molar-refractivity contribution in [3.05, 3.63) is 52.2 Å². The number of rotatable bonds is 1. The molecule has 1 aromatic carbocycles. The fourth-order valence-electron chi connectivity index (χ4n) is 2.08. The van der Waals surface area contributed by atoms with Crippen LogP contribution in [0, 0.1) is 34.6 Å². The first-order valence-corrected chi connectivity index (χ1v) is 6.00. The van der Waals surface area contributed by atoms with Gasteiger partial charge < -0.3 is 0 Å². The lowest BCUT2D eigenvalue weighted by Gasteiger charge is -2.11. The summed E-state index contributed by atoms with van der Waals surface area (Å²) in [5.74, 6) is 0. The zero-order valence-electron chi connectivity index (χ0n) is 11.3. The molecule has 0 aliphatic heterocycles. The number of hydrogen-bond donors (Lipinski definition) is 0. The van der Waals surface area contributed by atoms with Crippen molar-refractivity contribution >= 4 is 0 Å². The van der Waals surface area contributed by atoms with Gasteiger partial charge in [-0.25, -0.2) is 0 Å². The van der Waals surface area contributed by atoms with Crippen molar-refractivity contribution in [1.29, 1.82) is 0 Å². The average molecular weight is 225 g/mol. The van der Waals surface area contributed by atoms with Crippen LogP contribution in [0.3, 0.4) is 0 Å². The Morgan fingerprint density at radius 3 is 2.12 bits per heavy atom. The van der Waals surface area contributed by atoms with Gasteiger partial charge in [0.05, 0.1) is 5.69 Å². The molecule has 1 aromatic heterocycles. The van der Waals surface area contributed by atoms with Gasteiger partial charge in [-0.15, -0.1) is 0 Å². The molecule has 0 spiro atoms. The standard InChI is InChI=1S/C16H19N/c1-10-6-12(3)14(5)15(7-10)16-8-11(2)13(4)9-17-16/h6-9H,1-5H3. The second-order valence-corrected chi connectivity index (χ2v) is 4.91. The summed E-state index contributed by atoms with van der Waals surface area (Å²) in [5, 5.41) is 0. The summed E-state index contributed by atoms with van der Waals surface area (Å²) < 4.78 is 0. The van der Waals surface area contributed by atoms with Crippen LogP contribution in [0.25, 0.3) is 11.3 Å². The lowest BCUT2D eigenvalue weighted by atomic mass is 9.96. The molecule has 17 heavy (non-hydrogen) atoms. The normalized spacial score (nSPS) is 10.6. The van der Waals surface area contributed by atoms with Crippen LogP contribution < -0.4 is 0 Å². The van der Waals surface area contributed by atoms with Crippen LogP contribution in [0.1, 0.15) is 27.8 Å². The SMILES string of the molecule is Cc1cc(C)c(C)c(-c2cc(C)c(C)cn2)c1. The quantitative estimate of drug-likeness (QED) is 0.705. The number of aryl methyl sites for hydroxylation is 4. The Balaban J connectivity index is 2.64. The molecule has 1 nitrogen and oxygen atoms in total. The van der Waals surface area contributed by atoms with Gasteiger partial charge in [-0.1, -0.05) is 11.6 Å². The third-order valence-corrected chi connectivity index (χ3v) is 3.46. The maximum Gasteiger partial charge on any atom is 0.0707 e. The molecule has 0 saturated heterocycles. The molecule has 1 heteroatoms. The van der Waals surface area contributed by atoms with Crippen LogP contribution in [-0.4, -0.2) is 4.98 Å². The Labute approximate surface area is 104 Å². The third-order valence-electron chi connectivity index (χ3n) is 3.46. The molecule has 0 atom stereocenters. The van der Waals surface area contributed by atoms with E-state index in [0.717, 1.165) is 5.69 Å². The molecule has 0 fully saturated rings. The Morgan fingerprint density at radius 2 is 1.47 bits per heavy atom. The van der Waals surface area contributed by atoms with E-state index < -0.39 is 0 Å². The molecular weight excluding hydrogens is 206 g/mol. The van der Waals surface area contributed by atoms with Gasteiger partial charge in [-0.3, -0.25) is 4.98 Å². The predicted octanol–water partition coefficient (Wildman–Crippen LogP) is 4.29. The minimum atomic E-state index is 1.08. The molecule has 2 aromatic rings. The minimum Gasteiger partial charge on any atom is -0.256 e. The molecule has 88 valence electrons. The summed E-state index contributed by atoms with van der Waals surface area (Å²) in [6.45, 7) is 10.7.